The molecule has 1 aromatic rings. The van der Waals surface area contributed by atoms with E-state index in [-0.39, 0.29) is 17.9 Å². The Morgan fingerprint density at radius 3 is 2.83 bits per heavy atom. The van der Waals surface area contributed by atoms with Crippen LogP contribution in [0.25, 0.3) is 0 Å². The van der Waals surface area contributed by atoms with Gasteiger partial charge in [-0.1, -0.05) is 29.8 Å². The lowest BCUT2D eigenvalue weighted by Gasteiger charge is -2.39. The summed E-state index contributed by atoms with van der Waals surface area (Å²) in [6, 6.07) is 7.43. The molecule has 0 saturated carbocycles. The predicted molar refractivity (Wildman–Crippen MR) is 115 cm³/mol. The van der Waals surface area contributed by atoms with Crippen molar-refractivity contribution in [3.8, 4) is 0 Å². The van der Waals surface area contributed by atoms with Gasteiger partial charge in [-0.25, -0.2) is 4.79 Å². The highest BCUT2D eigenvalue weighted by Crippen LogP contribution is 2.25. The van der Waals surface area contributed by atoms with Crippen molar-refractivity contribution in [2.24, 2.45) is 11.8 Å². The second-order valence-electron chi connectivity index (χ2n) is 7.94. The Bertz CT molecular complexity index is 885. The third-order valence-corrected chi connectivity index (χ3v) is 5.93. The summed E-state index contributed by atoms with van der Waals surface area (Å²) in [5.74, 6) is 1.60. The van der Waals surface area contributed by atoms with Gasteiger partial charge in [0, 0.05) is 42.7 Å². The summed E-state index contributed by atoms with van der Waals surface area (Å²) in [5.41, 5.74) is 1.97. The molecule has 4 rings (SSSR count). The molecule has 3 aliphatic rings. The van der Waals surface area contributed by atoms with Crippen LogP contribution in [0.2, 0.25) is 5.02 Å². The van der Waals surface area contributed by atoms with E-state index in [9.17, 15) is 9.59 Å². The summed E-state index contributed by atoms with van der Waals surface area (Å²) in [6.45, 7) is 2.62. The van der Waals surface area contributed by atoms with Gasteiger partial charge in [-0.05, 0) is 54.7 Å². The molecule has 2 aliphatic heterocycles. The number of halogens is 1. The van der Waals surface area contributed by atoms with Crippen LogP contribution in [0.15, 0.2) is 60.0 Å². The third kappa shape index (κ3) is 5.25. The van der Waals surface area contributed by atoms with Crippen LogP contribution in [0.1, 0.15) is 24.8 Å². The molecule has 0 bridgehead atoms. The third-order valence-electron chi connectivity index (χ3n) is 5.68. The fourth-order valence-electron chi connectivity index (χ4n) is 3.81. The Hall–Kier alpha value is -2.73. The second-order valence-corrected chi connectivity index (χ2v) is 8.37. The van der Waals surface area contributed by atoms with Crippen molar-refractivity contribution >= 4 is 23.5 Å². The van der Waals surface area contributed by atoms with Crippen LogP contribution in [-0.2, 0) is 16.1 Å². The van der Waals surface area contributed by atoms with E-state index in [1.54, 1.807) is 0 Å². The standard InChI is InChI=1S/C23H26ClN3O3/c24-19-5-1-16(2-6-19)13-25-23(29)27-14-17(15-27)11-12-30-20-7-3-18-4-10-22(28)26-21(18)9-8-20/h1-3,5-9,17-18H,4,10-15H2,(H,25,29)(H,26,28). The molecule has 1 atom stereocenters. The Balaban J connectivity index is 1.14. The fraction of sp³-hybridized carbons (Fsp3) is 0.391. The van der Waals surface area contributed by atoms with Crippen molar-refractivity contribution < 1.29 is 14.3 Å². The monoisotopic (exact) mass is 427 g/mol. The number of carbonyl (C=O) groups excluding carboxylic acids is 2. The summed E-state index contributed by atoms with van der Waals surface area (Å²) in [7, 11) is 0. The first kappa shape index (κ1) is 20.5. The molecule has 2 saturated heterocycles. The Kier molecular flexibility index (Phi) is 6.43. The molecule has 0 spiro atoms. The van der Waals surface area contributed by atoms with Gasteiger partial charge in [0.1, 0.15) is 5.76 Å². The number of rotatable bonds is 6. The van der Waals surface area contributed by atoms with E-state index in [2.05, 4.69) is 16.7 Å². The van der Waals surface area contributed by atoms with Gasteiger partial charge in [-0.15, -0.1) is 0 Å². The Morgan fingerprint density at radius 1 is 1.23 bits per heavy atom. The lowest BCUT2D eigenvalue weighted by atomic mass is 9.95. The fourth-order valence-corrected chi connectivity index (χ4v) is 3.94. The number of carbonyl (C=O) groups is 2. The first-order chi connectivity index (χ1) is 14.6. The zero-order valence-corrected chi connectivity index (χ0v) is 17.5. The van der Waals surface area contributed by atoms with E-state index >= 15 is 0 Å². The van der Waals surface area contributed by atoms with Crippen molar-refractivity contribution in [3.63, 3.8) is 0 Å². The van der Waals surface area contributed by atoms with Gasteiger partial charge in [0.25, 0.3) is 0 Å². The van der Waals surface area contributed by atoms with Crippen LogP contribution in [0, 0.1) is 11.8 Å². The average Bonchev–Trinajstić information content (AvgIpc) is 2.91. The molecule has 0 radical (unpaired) electrons. The molecule has 1 unspecified atom stereocenters. The number of likely N-dealkylation sites (tertiary alicyclic amines) is 1. The van der Waals surface area contributed by atoms with Crippen LogP contribution in [-0.4, -0.2) is 36.5 Å². The first-order valence-electron chi connectivity index (χ1n) is 10.4. The number of piperidine rings is 1. The maximum Gasteiger partial charge on any atom is 0.317 e. The lowest BCUT2D eigenvalue weighted by molar-refractivity contribution is -0.121. The van der Waals surface area contributed by atoms with Crippen molar-refractivity contribution in [3.05, 3.63) is 70.6 Å². The highest BCUT2D eigenvalue weighted by molar-refractivity contribution is 6.30. The number of ether oxygens (including phenoxy) is 1. The van der Waals surface area contributed by atoms with Gasteiger partial charge >= 0.3 is 6.03 Å². The van der Waals surface area contributed by atoms with Gasteiger partial charge < -0.3 is 20.3 Å². The number of amides is 3. The summed E-state index contributed by atoms with van der Waals surface area (Å²) in [6.07, 6.45) is 10.2. The minimum absolute atomic E-state index is 0.0344. The van der Waals surface area contributed by atoms with E-state index in [1.165, 1.54) is 0 Å². The smallest absolute Gasteiger partial charge is 0.317 e. The number of benzene rings is 1. The first-order valence-corrected chi connectivity index (χ1v) is 10.7. The van der Waals surface area contributed by atoms with Crippen LogP contribution in [0.4, 0.5) is 4.79 Å². The van der Waals surface area contributed by atoms with Crippen LogP contribution in [0.3, 0.4) is 0 Å². The molecule has 1 aromatic carbocycles. The number of fused-ring (bicyclic) bond motifs is 1. The maximum absolute atomic E-state index is 12.2. The summed E-state index contributed by atoms with van der Waals surface area (Å²) in [4.78, 5) is 25.6. The minimum atomic E-state index is -0.0344. The van der Waals surface area contributed by atoms with Gasteiger partial charge in [0.05, 0.1) is 6.61 Å². The zero-order chi connectivity index (χ0) is 20.9. The lowest BCUT2D eigenvalue weighted by Crippen LogP contribution is -2.53. The van der Waals surface area contributed by atoms with E-state index in [0.717, 1.165) is 43.0 Å². The van der Waals surface area contributed by atoms with E-state index in [4.69, 9.17) is 16.3 Å². The predicted octanol–water partition coefficient (Wildman–Crippen LogP) is 3.75. The molecule has 2 fully saturated rings. The van der Waals surface area contributed by atoms with Gasteiger partial charge in [-0.2, -0.15) is 0 Å². The Labute approximate surface area is 181 Å². The molecule has 2 N–H and O–H groups in total. The van der Waals surface area contributed by atoms with Crippen LogP contribution in [0.5, 0.6) is 0 Å². The maximum atomic E-state index is 12.2. The number of hydrogen-bond acceptors (Lipinski definition) is 3. The van der Waals surface area contributed by atoms with E-state index in [0.29, 0.717) is 30.5 Å². The molecule has 3 amide bonds. The highest BCUT2D eigenvalue weighted by atomic mass is 35.5. The molecule has 30 heavy (non-hydrogen) atoms. The normalized spacial score (nSPS) is 20.9. The van der Waals surface area contributed by atoms with Gasteiger partial charge in [-0.3, -0.25) is 4.79 Å². The zero-order valence-electron chi connectivity index (χ0n) is 16.8. The highest BCUT2D eigenvalue weighted by Gasteiger charge is 2.30. The average molecular weight is 428 g/mol. The number of nitrogens with one attached hydrogen (secondary N) is 2. The van der Waals surface area contributed by atoms with Crippen molar-refractivity contribution in [2.75, 3.05) is 19.7 Å². The van der Waals surface area contributed by atoms with Crippen molar-refractivity contribution in [2.45, 2.75) is 25.8 Å². The summed E-state index contributed by atoms with van der Waals surface area (Å²) in [5, 5.41) is 6.56. The number of urea groups is 1. The molecule has 7 heteroatoms. The van der Waals surface area contributed by atoms with E-state index < -0.39 is 0 Å². The topological polar surface area (TPSA) is 70.7 Å². The number of allylic oxidation sites excluding steroid dienone is 4. The largest absolute Gasteiger partial charge is 0.494 e. The quantitative estimate of drug-likeness (QED) is 0.726. The summed E-state index contributed by atoms with van der Waals surface area (Å²) < 4.78 is 5.90. The minimum Gasteiger partial charge on any atom is -0.494 e. The SMILES string of the molecule is O=C1CCC2C=CC(OCCC3CN(C(=O)NCc4ccc(Cl)cc4)C3)=CC=C2N1. The molecule has 6 nitrogen and oxygen atoms in total. The molecule has 1 aliphatic carbocycles. The molecular weight excluding hydrogens is 402 g/mol. The Morgan fingerprint density at radius 2 is 2.03 bits per heavy atom. The molecule has 158 valence electrons. The number of nitrogens with zero attached hydrogens (tertiary/aromatic N) is 1. The summed E-state index contributed by atoms with van der Waals surface area (Å²) >= 11 is 5.87. The molecular formula is C23H26ClN3O3. The molecule has 2 heterocycles. The van der Waals surface area contributed by atoms with Crippen molar-refractivity contribution in [1.82, 2.24) is 15.5 Å². The molecule has 0 aromatic heterocycles. The van der Waals surface area contributed by atoms with Crippen LogP contribution >= 0.6 is 11.6 Å². The second kappa shape index (κ2) is 9.39. The van der Waals surface area contributed by atoms with Crippen LogP contribution < -0.4 is 10.6 Å². The number of hydrogen-bond donors (Lipinski definition) is 2. The van der Waals surface area contributed by atoms with Gasteiger partial charge in [0.15, 0.2) is 0 Å². The van der Waals surface area contributed by atoms with Crippen molar-refractivity contribution in [1.29, 1.82) is 0 Å². The van der Waals surface area contributed by atoms with E-state index in [1.807, 2.05) is 47.4 Å². The van der Waals surface area contributed by atoms with Gasteiger partial charge in [0.2, 0.25) is 5.91 Å².